The maximum atomic E-state index is 12.8. The molecule has 0 unspecified atom stereocenters. The minimum atomic E-state index is -4.69. The Balaban J connectivity index is 1.74. The van der Waals surface area contributed by atoms with Crippen LogP contribution in [0.1, 0.15) is 23.6 Å². The summed E-state index contributed by atoms with van der Waals surface area (Å²) in [7, 11) is 0. The van der Waals surface area contributed by atoms with E-state index >= 15 is 0 Å². The second-order valence-corrected chi connectivity index (χ2v) is 7.83. The number of ether oxygens (including phenoxy) is 2. The summed E-state index contributed by atoms with van der Waals surface area (Å²) >= 11 is 3.38. The molecule has 0 aliphatic carbocycles. The standard InChI is InChI=1S/C23H19BrF3N3O4/c1-2-33-22-11-16(5-10-21(22)34-14-15-3-7-18(24)8-4-15)13-28-29-19-9-6-17(23(25,26)27)12-20(19)30(31)32/h3-13,29H,2,14H2,1H3/b28-13-. The van der Waals surface area contributed by atoms with Gasteiger partial charge in [0.05, 0.1) is 23.3 Å². The highest BCUT2D eigenvalue weighted by Gasteiger charge is 2.33. The second kappa shape index (κ2) is 11.0. The van der Waals surface area contributed by atoms with Gasteiger partial charge in [0.25, 0.3) is 5.69 Å². The first-order chi connectivity index (χ1) is 16.2. The first-order valence-electron chi connectivity index (χ1n) is 9.96. The first kappa shape index (κ1) is 25.0. The number of hydrogen-bond donors (Lipinski definition) is 1. The molecule has 0 aliphatic rings. The molecular formula is C23H19BrF3N3O4. The smallest absolute Gasteiger partial charge is 0.416 e. The number of nitrogens with zero attached hydrogens (tertiary/aromatic N) is 2. The molecule has 1 N–H and O–H groups in total. The van der Waals surface area contributed by atoms with Crippen molar-refractivity contribution in [2.75, 3.05) is 12.0 Å². The molecule has 178 valence electrons. The fraction of sp³-hybridized carbons (Fsp3) is 0.174. The van der Waals surface area contributed by atoms with Crippen molar-refractivity contribution < 1.29 is 27.6 Å². The zero-order valence-electron chi connectivity index (χ0n) is 17.8. The van der Waals surface area contributed by atoms with Crippen LogP contribution >= 0.6 is 15.9 Å². The first-order valence-corrected chi connectivity index (χ1v) is 10.8. The van der Waals surface area contributed by atoms with Crippen molar-refractivity contribution in [1.29, 1.82) is 0 Å². The second-order valence-electron chi connectivity index (χ2n) is 6.91. The zero-order chi connectivity index (χ0) is 24.7. The molecule has 11 heteroatoms. The molecule has 0 spiro atoms. The van der Waals surface area contributed by atoms with Gasteiger partial charge in [0.2, 0.25) is 0 Å². The predicted octanol–water partition coefficient (Wildman–Crippen LogP) is 6.80. The number of alkyl halides is 3. The van der Waals surface area contributed by atoms with Gasteiger partial charge in [0, 0.05) is 10.5 Å². The van der Waals surface area contributed by atoms with E-state index in [0.717, 1.165) is 22.2 Å². The average Bonchev–Trinajstić information content (AvgIpc) is 2.79. The van der Waals surface area contributed by atoms with Gasteiger partial charge in [-0.3, -0.25) is 15.5 Å². The van der Waals surface area contributed by atoms with Crippen molar-refractivity contribution in [3.8, 4) is 11.5 Å². The third kappa shape index (κ3) is 6.70. The van der Waals surface area contributed by atoms with Gasteiger partial charge in [-0.05, 0) is 60.5 Å². The number of benzene rings is 3. The molecule has 0 saturated carbocycles. The van der Waals surface area contributed by atoms with E-state index in [0.29, 0.717) is 36.3 Å². The zero-order valence-corrected chi connectivity index (χ0v) is 19.4. The van der Waals surface area contributed by atoms with Gasteiger partial charge in [-0.2, -0.15) is 18.3 Å². The minimum absolute atomic E-state index is 0.172. The molecule has 34 heavy (non-hydrogen) atoms. The van der Waals surface area contributed by atoms with Crippen molar-refractivity contribution in [3.05, 3.63) is 91.9 Å². The Bertz CT molecular complexity index is 1190. The van der Waals surface area contributed by atoms with Crippen LogP contribution in [0.15, 0.2) is 70.2 Å². The molecule has 7 nitrogen and oxygen atoms in total. The van der Waals surface area contributed by atoms with Gasteiger partial charge in [-0.15, -0.1) is 0 Å². The summed E-state index contributed by atoms with van der Waals surface area (Å²) in [5.41, 5.74) is 1.95. The third-order valence-electron chi connectivity index (χ3n) is 4.50. The number of hydrazone groups is 1. The number of nitro benzene ring substituents is 1. The van der Waals surface area contributed by atoms with Crippen LogP contribution in [0, 0.1) is 10.1 Å². The SMILES string of the molecule is CCOc1cc(/C=N\Nc2ccc(C(F)(F)F)cc2[N+](=O)[O-])ccc1OCc1ccc(Br)cc1. The van der Waals surface area contributed by atoms with E-state index in [4.69, 9.17) is 9.47 Å². The van der Waals surface area contributed by atoms with Crippen molar-refractivity contribution in [1.82, 2.24) is 0 Å². The Morgan fingerprint density at radius 2 is 1.79 bits per heavy atom. The van der Waals surface area contributed by atoms with Crippen LogP contribution in [0.5, 0.6) is 11.5 Å². The number of hydrogen-bond acceptors (Lipinski definition) is 6. The summed E-state index contributed by atoms with van der Waals surface area (Å²) in [6.45, 7) is 2.55. The molecule has 0 saturated heterocycles. The van der Waals surface area contributed by atoms with Gasteiger partial charge in [-0.25, -0.2) is 0 Å². The Morgan fingerprint density at radius 3 is 2.44 bits per heavy atom. The Hall–Kier alpha value is -3.60. The summed E-state index contributed by atoms with van der Waals surface area (Å²) in [4.78, 5) is 10.3. The number of nitro groups is 1. The van der Waals surface area contributed by atoms with E-state index in [9.17, 15) is 23.3 Å². The fourth-order valence-corrected chi connectivity index (χ4v) is 3.13. The molecule has 3 aromatic carbocycles. The van der Waals surface area contributed by atoms with Crippen LogP contribution in [0.4, 0.5) is 24.5 Å². The van der Waals surface area contributed by atoms with Crippen LogP contribution < -0.4 is 14.9 Å². The number of halogens is 4. The summed E-state index contributed by atoms with van der Waals surface area (Å²) in [5.74, 6) is 0.998. The van der Waals surface area contributed by atoms with Crippen LogP contribution in [-0.2, 0) is 12.8 Å². The van der Waals surface area contributed by atoms with Crippen LogP contribution in [0.2, 0.25) is 0 Å². The van der Waals surface area contributed by atoms with Gasteiger partial charge in [-0.1, -0.05) is 28.1 Å². The summed E-state index contributed by atoms with van der Waals surface area (Å²) in [6, 6.07) is 14.9. The normalized spacial score (nSPS) is 11.4. The maximum Gasteiger partial charge on any atom is 0.416 e. The van der Waals surface area contributed by atoms with Crippen molar-refractivity contribution in [3.63, 3.8) is 0 Å². The van der Waals surface area contributed by atoms with E-state index < -0.39 is 22.4 Å². The number of anilines is 1. The van der Waals surface area contributed by atoms with Crippen LogP contribution in [0.25, 0.3) is 0 Å². The Kier molecular flexibility index (Phi) is 8.11. The number of rotatable bonds is 9. The summed E-state index contributed by atoms with van der Waals surface area (Å²) in [6.07, 6.45) is -3.33. The maximum absolute atomic E-state index is 12.8. The van der Waals surface area contributed by atoms with E-state index in [2.05, 4.69) is 26.5 Å². The van der Waals surface area contributed by atoms with Gasteiger partial charge >= 0.3 is 6.18 Å². The molecule has 3 rings (SSSR count). The Morgan fingerprint density at radius 1 is 1.06 bits per heavy atom. The van der Waals surface area contributed by atoms with Crippen LogP contribution in [-0.4, -0.2) is 17.7 Å². The molecule has 0 aliphatic heterocycles. The van der Waals surface area contributed by atoms with Crippen LogP contribution in [0.3, 0.4) is 0 Å². The highest BCUT2D eigenvalue weighted by atomic mass is 79.9. The van der Waals surface area contributed by atoms with Crippen molar-refractivity contribution in [2.24, 2.45) is 5.10 Å². The molecule has 0 amide bonds. The van der Waals surface area contributed by atoms with Gasteiger partial charge in [0.1, 0.15) is 12.3 Å². The minimum Gasteiger partial charge on any atom is -0.490 e. The number of nitrogens with one attached hydrogen (secondary N) is 1. The highest BCUT2D eigenvalue weighted by Crippen LogP contribution is 2.35. The summed E-state index contributed by atoms with van der Waals surface area (Å²) in [5, 5.41) is 15.1. The summed E-state index contributed by atoms with van der Waals surface area (Å²) < 4.78 is 51.0. The molecular weight excluding hydrogens is 519 g/mol. The van der Waals surface area contributed by atoms with E-state index in [1.54, 1.807) is 18.2 Å². The third-order valence-corrected chi connectivity index (χ3v) is 5.02. The van der Waals surface area contributed by atoms with Crippen molar-refractivity contribution >= 4 is 33.5 Å². The van der Waals surface area contributed by atoms with Gasteiger partial charge in [0.15, 0.2) is 11.5 Å². The molecule has 0 radical (unpaired) electrons. The fourth-order valence-electron chi connectivity index (χ4n) is 2.86. The molecule has 3 aromatic rings. The van der Waals surface area contributed by atoms with Crippen molar-refractivity contribution in [2.45, 2.75) is 19.7 Å². The quantitative estimate of drug-likeness (QED) is 0.184. The van der Waals surface area contributed by atoms with E-state index in [-0.39, 0.29) is 5.69 Å². The lowest BCUT2D eigenvalue weighted by atomic mass is 10.1. The Labute approximate surface area is 201 Å². The molecule has 0 bridgehead atoms. The molecule has 0 aromatic heterocycles. The molecule has 0 heterocycles. The van der Waals surface area contributed by atoms with E-state index in [1.165, 1.54) is 6.21 Å². The molecule has 0 atom stereocenters. The largest absolute Gasteiger partial charge is 0.490 e. The highest BCUT2D eigenvalue weighted by molar-refractivity contribution is 9.10. The van der Waals surface area contributed by atoms with Gasteiger partial charge < -0.3 is 9.47 Å². The predicted molar refractivity (Wildman–Crippen MR) is 125 cm³/mol. The average molecular weight is 538 g/mol. The lowest BCUT2D eigenvalue weighted by Gasteiger charge is -2.13. The topological polar surface area (TPSA) is 86.0 Å². The lowest BCUT2D eigenvalue weighted by Crippen LogP contribution is -2.06. The molecule has 0 fully saturated rings. The lowest BCUT2D eigenvalue weighted by molar-refractivity contribution is -0.384. The monoisotopic (exact) mass is 537 g/mol. The van der Waals surface area contributed by atoms with E-state index in [1.807, 2.05) is 31.2 Å².